The number of rotatable bonds is 7. The molecular weight excluding hydrogens is 669 g/mol. The predicted octanol–water partition coefficient (Wildman–Crippen LogP) is 13.0. The fourth-order valence-corrected chi connectivity index (χ4v) is 6.59. The van der Waals surface area contributed by atoms with Gasteiger partial charge in [0.05, 0.1) is 33.0 Å². The fraction of sp³-hybridized carbons (Fsp3) is 0. The molecule has 0 bridgehead atoms. The van der Waals surface area contributed by atoms with Crippen molar-refractivity contribution in [3.05, 3.63) is 206 Å². The van der Waals surface area contributed by atoms with E-state index in [2.05, 4.69) is 0 Å². The van der Waals surface area contributed by atoms with Crippen molar-refractivity contribution in [1.82, 2.24) is 19.5 Å². The van der Waals surface area contributed by atoms with E-state index in [9.17, 15) is 12.3 Å². The summed E-state index contributed by atoms with van der Waals surface area (Å²) in [5.74, 6) is 0.666. The maximum atomic E-state index is 9.62. The maximum Gasteiger partial charge on any atom is 0.164 e. The van der Waals surface area contributed by atoms with Gasteiger partial charge in [-0.15, -0.1) is 0 Å². The van der Waals surface area contributed by atoms with Crippen LogP contribution in [0, 0.1) is 0 Å². The fourth-order valence-electron chi connectivity index (χ4n) is 6.59. The lowest BCUT2D eigenvalue weighted by Crippen LogP contribution is -2.01. The molecular formula is C51H34N4. The van der Waals surface area contributed by atoms with Crippen molar-refractivity contribution in [2.75, 3.05) is 0 Å². The van der Waals surface area contributed by atoms with E-state index in [0.29, 0.717) is 11.1 Å². The van der Waals surface area contributed by atoms with Crippen molar-refractivity contribution >= 4 is 21.8 Å². The molecule has 8 aromatic carbocycles. The largest absolute Gasteiger partial charge is 0.309 e. The molecule has 10 rings (SSSR count). The Morgan fingerprint density at radius 1 is 0.345 bits per heavy atom. The summed E-state index contributed by atoms with van der Waals surface area (Å²) in [7, 11) is 0. The molecule has 0 aliphatic heterocycles. The number of nitrogens with zero attached hydrogens (tertiary/aromatic N) is 4. The third-order valence-corrected chi connectivity index (χ3v) is 9.15. The Morgan fingerprint density at radius 2 is 0.873 bits per heavy atom. The van der Waals surface area contributed by atoms with Crippen LogP contribution in [-0.2, 0) is 0 Å². The highest BCUT2D eigenvalue weighted by Gasteiger charge is 2.20. The van der Waals surface area contributed by atoms with Gasteiger partial charge in [-0.3, -0.25) is 0 Å². The zero-order valence-corrected chi connectivity index (χ0v) is 28.7. The van der Waals surface area contributed by atoms with Crippen LogP contribution >= 0.6 is 0 Å². The molecule has 2 heterocycles. The molecule has 55 heavy (non-hydrogen) atoms. The van der Waals surface area contributed by atoms with Crippen molar-refractivity contribution in [2.45, 2.75) is 0 Å². The minimum atomic E-state index is -0.852. The van der Waals surface area contributed by atoms with Gasteiger partial charge in [-0.2, -0.15) is 0 Å². The Balaban J connectivity index is 1.32. The first-order valence-electron chi connectivity index (χ1n) is 25.2. The van der Waals surface area contributed by atoms with Gasteiger partial charge in [0, 0.05) is 38.7 Å². The molecule has 0 atom stereocenters. The molecule has 0 unspecified atom stereocenters. The summed E-state index contributed by atoms with van der Waals surface area (Å²) in [4.78, 5) is 14.8. The molecule has 0 aliphatic carbocycles. The van der Waals surface area contributed by atoms with E-state index in [1.165, 1.54) is 0 Å². The van der Waals surface area contributed by atoms with E-state index in [-0.39, 0.29) is 50.5 Å². The van der Waals surface area contributed by atoms with Crippen LogP contribution in [0.15, 0.2) is 206 Å². The zero-order valence-electron chi connectivity index (χ0n) is 44.7. The summed E-state index contributed by atoms with van der Waals surface area (Å²) < 4.78 is 145. The molecule has 0 fully saturated rings. The summed E-state index contributed by atoms with van der Waals surface area (Å²) in [5.41, 5.74) is 1.06. The minimum Gasteiger partial charge on any atom is -0.309 e. The van der Waals surface area contributed by atoms with Crippen LogP contribution in [-0.4, -0.2) is 19.5 Å². The van der Waals surface area contributed by atoms with Crippen LogP contribution in [0.25, 0.3) is 95.0 Å². The standard InChI is InChI=1S/C51H34N4/c1-4-15-35(16-5-1)37-27-29-40(30-28-37)50-52-49(39-19-8-3-9-20-39)53-51(54-50)46-23-11-10-21-42(46)44-24-14-25-45-43-22-12-13-26-47(43)55(48(44)45)41-33-31-38(32-34-41)36-17-6-2-7-18-36/h1-34H/i2D,6D,7D,12D,13D,14D,17D,18D,22D,24D,25D,26D,31D,32D,33D,34D. The quantitative estimate of drug-likeness (QED) is 0.165. The van der Waals surface area contributed by atoms with E-state index in [4.69, 9.17) is 24.5 Å². The van der Waals surface area contributed by atoms with E-state index in [1.807, 2.05) is 84.9 Å². The third-order valence-electron chi connectivity index (χ3n) is 9.15. The minimum absolute atomic E-state index is 0.102. The third kappa shape index (κ3) is 5.96. The summed E-state index contributed by atoms with van der Waals surface area (Å²) in [6.07, 6.45) is 0. The van der Waals surface area contributed by atoms with Crippen LogP contribution in [0.4, 0.5) is 0 Å². The van der Waals surface area contributed by atoms with E-state index < -0.39 is 119 Å². The van der Waals surface area contributed by atoms with Gasteiger partial charge in [-0.05, 0) is 45.9 Å². The molecule has 4 nitrogen and oxygen atoms in total. The van der Waals surface area contributed by atoms with Crippen molar-refractivity contribution in [1.29, 1.82) is 0 Å². The maximum absolute atomic E-state index is 9.62. The van der Waals surface area contributed by atoms with Crippen molar-refractivity contribution in [3.8, 4) is 73.2 Å². The first-order chi connectivity index (χ1) is 33.9. The molecule has 0 N–H and O–H groups in total. The Bertz CT molecular complexity index is 3820. The lowest BCUT2D eigenvalue weighted by molar-refractivity contribution is 1.07. The number of para-hydroxylation sites is 2. The van der Waals surface area contributed by atoms with E-state index in [0.717, 1.165) is 15.7 Å². The molecule has 2 aromatic heterocycles. The van der Waals surface area contributed by atoms with Gasteiger partial charge in [0.2, 0.25) is 0 Å². The van der Waals surface area contributed by atoms with E-state index in [1.54, 1.807) is 24.3 Å². The molecule has 10 aromatic rings. The Kier molecular flexibility index (Phi) is 4.93. The zero-order chi connectivity index (χ0) is 50.5. The summed E-state index contributed by atoms with van der Waals surface area (Å²) in [6, 6.07) is 21.3. The smallest absolute Gasteiger partial charge is 0.164 e. The lowest BCUT2D eigenvalue weighted by atomic mass is 9.96. The second-order valence-corrected chi connectivity index (χ2v) is 12.4. The Hall–Kier alpha value is -7.43. The Labute approximate surface area is 342 Å². The highest BCUT2D eigenvalue weighted by Crippen LogP contribution is 2.41. The van der Waals surface area contributed by atoms with Crippen molar-refractivity contribution in [2.24, 2.45) is 0 Å². The molecule has 258 valence electrons. The number of aromatic nitrogens is 4. The molecule has 0 saturated heterocycles. The van der Waals surface area contributed by atoms with Crippen molar-refractivity contribution < 1.29 is 21.9 Å². The van der Waals surface area contributed by atoms with Crippen LogP contribution in [0.2, 0.25) is 0 Å². The number of benzene rings is 8. The number of hydrogen-bond donors (Lipinski definition) is 0. The topological polar surface area (TPSA) is 43.6 Å². The van der Waals surface area contributed by atoms with Gasteiger partial charge in [0.15, 0.2) is 17.5 Å². The predicted molar refractivity (Wildman–Crippen MR) is 227 cm³/mol. The van der Waals surface area contributed by atoms with Crippen LogP contribution in [0.3, 0.4) is 0 Å². The van der Waals surface area contributed by atoms with Gasteiger partial charge in [-0.25, -0.2) is 15.0 Å². The monoisotopic (exact) mass is 718 g/mol. The van der Waals surface area contributed by atoms with Crippen LogP contribution < -0.4 is 0 Å². The molecule has 0 spiro atoms. The second-order valence-electron chi connectivity index (χ2n) is 12.4. The highest BCUT2D eigenvalue weighted by molar-refractivity contribution is 6.14. The van der Waals surface area contributed by atoms with Gasteiger partial charge < -0.3 is 4.57 Å². The summed E-state index contributed by atoms with van der Waals surface area (Å²) in [5, 5.41) is -0.563. The molecule has 0 saturated carbocycles. The molecule has 0 radical (unpaired) electrons. The highest BCUT2D eigenvalue weighted by atomic mass is 15.0. The molecule has 4 heteroatoms. The van der Waals surface area contributed by atoms with E-state index >= 15 is 0 Å². The van der Waals surface area contributed by atoms with Gasteiger partial charge >= 0.3 is 0 Å². The first kappa shape index (κ1) is 19.6. The van der Waals surface area contributed by atoms with Gasteiger partial charge in [0.25, 0.3) is 0 Å². The summed E-state index contributed by atoms with van der Waals surface area (Å²) >= 11 is 0. The van der Waals surface area contributed by atoms with Gasteiger partial charge in [-0.1, -0.05) is 188 Å². The number of fused-ring (bicyclic) bond motifs is 3. The number of hydrogen-bond acceptors (Lipinski definition) is 3. The SMILES string of the molecule is [2H]c1c([2H])c([2H])c(-c2c([2H])c([2H])c(-n3c4c([2H])c([2H])c([2H])c([2H])c4c4c([2H])c([2H])c([2H])c(-c5ccccc5-c5nc(-c6ccccc6)nc(-c6ccc(-c7ccccc7)cc6)n5)c43)c([2H])c2[2H])c([2H])c1[2H]. The van der Waals surface area contributed by atoms with Gasteiger partial charge in [0.1, 0.15) is 0 Å². The van der Waals surface area contributed by atoms with Crippen LogP contribution in [0.1, 0.15) is 21.9 Å². The first-order valence-corrected chi connectivity index (χ1v) is 17.2. The average Bonchev–Trinajstić information content (AvgIpc) is 3.74. The Morgan fingerprint density at radius 3 is 1.60 bits per heavy atom. The lowest BCUT2D eigenvalue weighted by Gasteiger charge is -2.15. The molecule has 0 amide bonds. The molecule has 0 aliphatic rings. The average molecular weight is 719 g/mol. The van der Waals surface area contributed by atoms with Crippen molar-refractivity contribution in [3.63, 3.8) is 0 Å². The van der Waals surface area contributed by atoms with Crippen LogP contribution in [0.5, 0.6) is 0 Å². The normalized spacial score (nSPS) is 15.3. The second kappa shape index (κ2) is 13.8. The summed E-state index contributed by atoms with van der Waals surface area (Å²) in [6.45, 7) is 0.